The van der Waals surface area contributed by atoms with Gasteiger partial charge in [-0.05, 0) is 29.5 Å². The molecule has 1 aromatic carbocycles. The Kier molecular flexibility index (Phi) is 4.45. The van der Waals surface area contributed by atoms with Crippen molar-refractivity contribution in [2.24, 2.45) is 5.41 Å². The van der Waals surface area contributed by atoms with E-state index < -0.39 is 29.4 Å². The molecule has 0 radical (unpaired) electrons. The first-order valence-corrected chi connectivity index (χ1v) is 5.80. The van der Waals surface area contributed by atoms with Crippen molar-refractivity contribution >= 4 is 0 Å². The lowest BCUT2D eigenvalue weighted by Crippen LogP contribution is -2.21. The first-order valence-electron chi connectivity index (χ1n) is 5.80. The van der Waals surface area contributed by atoms with Crippen LogP contribution in [0, 0.1) is 11.2 Å². The molecular weight excluding hydrogens is 264 g/mol. The number of hydrogen-bond donors (Lipinski definition) is 1. The van der Waals surface area contributed by atoms with Crippen molar-refractivity contribution in [2.45, 2.75) is 39.7 Å². The van der Waals surface area contributed by atoms with Crippen molar-refractivity contribution in [1.82, 2.24) is 0 Å². The van der Waals surface area contributed by atoms with Gasteiger partial charge in [0, 0.05) is 0 Å². The molecule has 0 saturated carbocycles. The number of hydrogen-bond acceptors (Lipinski definition) is 2. The number of aliphatic hydroxyl groups excluding tert-OH is 1. The summed E-state index contributed by atoms with van der Waals surface area (Å²) in [6.45, 7) is 5.44. The van der Waals surface area contributed by atoms with E-state index in [9.17, 15) is 22.7 Å². The molecule has 0 fully saturated rings. The molecule has 1 unspecified atom stereocenters. The van der Waals surface area contributed by atoms with Crippen LogP contribution >= 0.6 is 0 Å². The molecule has 0 heterocycles. The Morgan fingerprint density at radius 1 is 1.26 bits per heavy atom. The summed E-state index contributed by atoms with van der Waals surface area (Å²) in [5.74, 6) is -2.06. The number of halogens is 4. The molecule has 1 rings (SSSR count). The van der Waals surface area contributed by atoms with Gasteiger partial charge in [-0.2, -0.15) is 0 Å². The molecule has 1 N–H and O–H groups in total. The highest BCUT2D eigenvalue weighted by molar-refractivity contribution is 5.31. The summed E-state index contributed by atoms with van der Waals surface area (Å²) in [7, 11) is 0. The van der Waals surface area contributed by atoms with Gasteiger partial charge in [0.05, 0.1) is 6.10 Å². The minimum atomic E-state index is -4.94. The molecule has 0 spiro atoms. The fourth-order valence-corrected chi connectivity index (χ4v) is 1.54. The monoisotopic (exact) mass is 280 g/mol. The van der Waals surface area contributed by atoms with Crippen LogP contribution in [0.2, 0.25) is 0 Å². The van der Waals surface area contributed by atoms with Gasteiger partial charge in [-0.1, -0.05) is 26.8 Å². The zero-order chi connectivity index (χ0) is 14.8. The summed E-state index contributed by atoms with van der Waals surface area (Å²) < 4.78 is 53.0. The maximum Gasteiger partial charge on any atom is 0.573 e. The van der Waals surface area contributed by atoms with Gasteiger partial charge in [-0.25, -0.2) is 4.39 Å². The maximum absolute atomic E-state index is 13.5. The topological polar surface area (TPSA) is 29.5 Å². The summed E-state index contributed by atoms with van der Waals surface area (Å²) in [5, 5.41) is 10.1. The van der Waals surface area contributed by atoms with E-state index in [4.69, 9.17) is 0 Å². The first kappa shape index (κ1) is 15.8. The van der Waals surface area contributed by atoms with Crippen LogP contribution in [-0.2, 0) is 0 Å². The summed E-state index contributed by atoms with van der Waals surface area (Å²) in [5.41, 5.74) is -0.280. The predicted molar refractivity (Wildman–Crippen MR) is 62.1 cm³/mol. The van der Waals surface area contributed by atoms with E-state index in [0.29, 0.717) is 6.42 Å². The van der Waals surface area contributed by atoms with Gasteiger partial charge in [0.1, 0.15) is 0 Å². The predicted octanol–water partition coefficient (Wildman–Crippen LogP) is 4.19. The standard InChI is InChI=1S/C13H16F4O2/c1-4-12(2,3)11(18)8-5-6-10(9(14)7-8)19-13(15,16)17/h5-7,11,18H,4H2,1-3H3. The SMILES string of the molecule is CCC(C)(C)C(O)c1ccc(OC(F)(F)F)c(F)c1. The number of benzene rings is 1. The Bertz CT molecular complexity index is 441. The average molecular weight is 280 g/mol. The number of ether oxygens (including phenoxy) is 1. The van der Waals surface area contributed by atoms with Crippen molar-refractivity contribution in [3.8, 4) is 5.75 Å². The van der Waals surface area contributed by atoms with Gasteiger partial charge in [-0.15, -0.1) is 13.2 Å². The molecule has 6 heteroatoms. The molecule has 0 saturated heterocycles. The highest BCUT2D eigenvalue weighted by Crippen LogP contribution is 2.37. The van der Waals surface area contributed by atoms with Crippen LogP contribution < -0.4 is 4.74 Å². The van der Waals surface area contributed by atoms with Crippen LogP contribution in [0.5, 0.6) is 5.75 Å². The van der Waals surface area contributed by atoms with E-state index >= 15 is 0 Å². The Morgan fingerprint density at radius 3 is 2.26 bits per heavy atom. The Morgan fingerprint density at radius 2 is 1.84 bits per heavy atom. The quantitative estimate of drug-likeness (QED) is 0.838. The molecule has 0 amide bonds. The smallest absolute Gasteiger partial charge is 0.403 e. The van der Waals surface area contributed by atoms with Crippen molar-refractivity contribution < 1.29 is 27.4 Å². The molecule has 1 atom stereocenters. The summed E-state index contributed by atoms with van der Waals surface area (Å²) >= 11 is 0. The van der Waals surface area contributed by atoms with Crippen LogP contribution in [0.25, 0.3) is 0 Å². The molecule has 0 aliphatic heterocycles. The van der Waals surface area contributed by atoms with Gasteiger partial charge >= 0.3 is 6.36 Å². The summed E-state index contributed by atoms with van der Waals surface area (Å²) in [6.07, 6.45) is -5.27. The van der Waals surface area contributed by atoms with Crippen molar-refractivity contribution in [2.75, 3.05) is 0 Å². The molecule has 19 heavy (non-hydrogen) atoms. The third kappa shape index (κ3) is 4.09. The zero-order valence-electron chi connectivity index (χ0n) is 10.9. The number of alkyl halides is 3. The lowest BCUT2D eigenvalue weighted by Gasteiger charge is -2.29. The summed E-state index contributed by atoms with van der Waals surface area (Å²) in [4.78, 5) is 0. The molecule has 108 valence electrons. The first-order chi connectivity index (χ1) is 8.57. The number of rotatable bonds is 4. The minimum Gasteiger partial charge on any atom is -0.403 e. The van der Waals surface area contributed by atoms with Crippen LogP contribution in [0.15, 0.2) is 18.2 Å². The second-order valence-corrected chi connectivity index (χ2v) is 4.98. The molecule has 0 aliphatic rings. The second-order valence-electron chi connectivity index (χ2n) is 4.98. The van der Waals surface area contributed by atoms with Gasteiger partial charge in [0.2, 0.25) is 0 Å². The molecule has 0 bridgehead atoms. The Hall–Kier alpha value is -1.30. The minimum absolute atomic E-state index is 0.221. The van der Waals surface area contributed by atoms with Gasteiger partial charge in [-0.3, -0.25) is 0 Å². The van der Waals surface area contributed by atoms with Crippen LogP contribution in [-0.4, -0.2) is 11.5 Å². The normalized spacial score (nSPS) is 14.3. The largest absolute Gasteiger partial charge is 0.573 e. The van der Waals surface area contributed by atoms with E-state index in [1.165, 1.54) is 6.07 Å². The van der Waals surface area contributed by atoms with E-state index in [0.717, 1.165) is 12.1 Å². The van der Waals surface area contributed by atoms with Gasteiger partial charge in [0.25, 0.3) is 0 Å². The van der Waals surface area contributed by atoms with E-state index in [1.807, 2.05) is 6.92 Å². The molecule has 1 aromatic rings. The lowest BCUT2D eigenvalue weighted by molar-refractivity contribution is -0.275. The van der Waals surface area contributed by atoms with E-state index in [2.05, 4.69) is 4.74 Å². The second kappa shape index (κ2) is 5.36. The fourth-order valence-electron chi connectivity index (χ4n) is 1.54. The van der Waals surface area contributed by atoms with Crippen LogP contribution in [0.4, 0.5) is 17.6 Å². The molecule has 2 nitrogen and oxygen atoms in total. The van der Waals surface area contributed by atoms with Crippen molar-refractivity contribution in [1.29, 1.82) is 0 Å². The number of aliphatic hydroxyl groups is 1. The highest BCUT2D eigenvalue weighted by atomic mass is 19.4. The van der Waals surface area contributed by atoms with Crippen LogP contribution in [0.1, 0.15) is 38.9 Å². The molecule has 0 aliphatic carbocycles. The van der Waals surface area contributed by atoms with Crippen molar-refractivity contribution in [3.05, 3.63) is 29.6 Å². The Balaban J connectivity index is 3.00. The third-order valence-corrected chi connectivity index (χ3v) is 3.15. The third-order valence-electron chi connectivity index (χ3n) is 3.15. The lowest BCUT2D eigenvalue weighted by atomic mass is 9.80. The molecular formula is C13H16F4O2. The fraction of sp³-hybridized carbons (Fsp3) is 0.538. The van der Waals surface area contributed by atoms with Crippen molar-refractivity contribution in [3.63, 3.8) is 0 Å². The highest BCUT2D eigenvalue weighted by Gasteiger charge is 2.33. The Labute approximate surface area is 109 Å². The summed E-state index contributed by atoms with van der Waals surface area (Å²) in [6, 6.07) is 2.96. The zero-order valence-corrected chi connectivity index (χ0v) is 10.9. The van der Waals surface area contributed by atoms with Gasteiger partial charge in [0.15, 0.2) is 11.6 Å². The maximum atomic E-state index is 13.5. The molecule has 0 aromatic heterocycles. The van der Waals surface area contributed by atoms with E-state index in [-0.39, 0.29) is 5.56 Å². The average Bonchev–Trinajstić information content (AvgIpc) is 2.29. The van der Waals surface area contributed by atoms with Crippen LogP contribution in [0.3, 0.4) is 0 Å². The van der Waals surface area contributed by atoms with Gasteiger partial charge < -0.3 is 9.84 Å². The van der Waals surface area contributed by atoms with E-state index in [1.54, 1.807) is 13.8 Å².